The maximum atomic E-state index is 5.41. The molecule has 0 aliphatic carbocycles. The maximum Gasteiger partial charge on any atom is 0.213 e. The Morgan fingerprint density at radius 3 is 2.69 bits per heavy atom. The van der Waals surface area contributed by atoms with Crippen LogP contribution in [0.1, 0.15) is 26.1 Å². The molecule has 0 aromatic carbocycles. The van der Waals surface area contributed by atoms with E-state index in [9.17, 15) is 0 Å². The van der Waals surface area contributed by atoms with E-state index in [0.717, 1.165) is 13.0 Å². The third-order valence-electron chi connectivity index (χ3n) is 1.95. The van der Waals surface area contributed by atoms with Crippen molar-refractivity contribution in [3.05, 3.63) is 12.2 Å². The monoisotopic (exact) mass is 229 g/mol. The molecule has 1 aromatic rings. The van der Waals surface area contributed by atoms with Gasteiger partial charge in [-0.3, -0.25) is 0 Å². The molecule has 0 atom stereocenters. The number of rotatable bonds is 9. The molecule has 0 aliphatic heterocycles. The topological polar surface area (TPSA) is 69.4 Å². The Balaban J connectivity index is 2.08. The fraction of sp³-hybridized carbons (Fsp3) is 0.800. The first-order valence-electron chi connectivity index (χ1n) is 5.56. The fourth-order valence-corrected chi connectivity index (χ4v) is 1.28. The van der Waals surface area contributed by atoms with Crippen molar-refractivity contribution in [3.63, 3.8) is 0 Å². The molecule has 0 saturated carbocycles. The lowest BCUT2D eigenvalue weighted by Crippen LogP contribution is -2.24. The summed E-state index contributed by atoms with van der Waals surface area (Å²) in [5.74, 6) is 0.657. The largest absolute Gasteiger partial charge is 0.353 e. The number of aromatic nitrogens is 2. The summed E-state index contributed by atoms with van der Waals surface area (Å²) >= 11 is 0. The van der Waals surface area contributed by atoms with E-state index in [0.29, 0.717) is 25.6 Å². The molecule has 0 aliphatic rings. The third-order valence-corrected chi connectivity index (χ3v) is 1.95. The molecule has 0 bridgehead atoms. The molecule has 1 aromatic heterocycles. The number of hydrogen-bond acceptors (Lipinski definition) is 6. The number of nitrogens with one attached hydrogen (secondary N) is 1. The lowest BCUT2D eigenvalue weighted by Gasteiger charge is -2.16. The van der Waals surface area contributed by atoms with Crippen LogP contribution in [0.2, 0.25) is 0 Å². The van der Waals surface area contributed by atoms with Crippen LogP contribution in [0.25, 0.3) is 0 Å². The van der Waals surface area contributed by atoms with E-state index in [4.69, 9.17) is 9.47 Å². The van der Waals surface area contributed by atoms with E-state index in [1.807, 2.05) is 13.8 Å². The fourth-order valence-electron chi connectivity index (χ4n) is 1.28. The lowest BCUT2D eigenvalue weighted by molar-refractivity contribution is -0.138. The first kappa shape index (κ1) is 13.1. The van der Waals surface area contributed by atoms with Gasteiger partial charge >= 0.3 is 0 Å². The zero-order chi connectivity index (χ0) is 11.6. The molecule has 6 heteroatoms. The van der Waals surface area contributed by atoms with E-state index in [2.05, 4.69) is 20.0 Å². The second-order valence-corrected chi connectivity index (χ2v) is 3.15. The summed E-state index contributed by atoms with van der Waals surface area (Å²) in [7, 11) is 0. The van der Waals surface area contributed by atoms with Gasteiger partial charge in [0.1, 0.15) is 0 Å². The number of ether oxygens (including phenoxy) is 2. The van der Waals surface area contributed by atoms with Gasteiger partial charge in [0, 0.05) is 26.2 Å². The maximum absolute atomic E-state index is 5.41. The molecule has 0 saturated heterocycles. The zero-order valence-corrected chi connectivity index (χ0v) is 9.81. The van der Waals surface area contributed by atoms with Crippen LogP contribution in [-0.4, -0.2) is 36.2 Å². The van der Waals surface area contributed by atoms with Crippen molar-refractivity contribution in [1.29, 1.82) is 0 Å². The van der Waals surface area contributed by atoms with Gasteiger partial charge < -0.3 is 19.3 Å². The standard InChI is InChI=1S/C10H19N3O3/c1-3-14-10(15-4-2)5-6-11-7-9-12-8-16-13-9/h8,10-11H,3-7H2,1-2H3. The summed E-state index contributed by atoms with van der Waals surface area (Å²) in [6.07, 6.45) is 1.99. The van der Waals surface area contributed by atoms with Crippen molar-refractivity contribution < 1.29 is 14.0 Å². The summed E-state index contributed by atoms with van der Waals surface area (Å²) in [4.78, 5) is 3.90. The van der Waals surface area contributed by atoms with Gasteiger partial charge in [-0.1, -0.05) is 5.16 Å². The van der Waals surface area contributed by atoms with Crippen molar-refractivity contribution >= 4 is 0 Å². The van der Waals surface area contributed by atoms with Crippen LogP contribution < -0.4 is 5.32 Å². The molecular formula is C10H19N3O3. The van der Waals surface area contributed by atoms with Gasteiger partial charge in [-0.15, -0.1) is 0 Å². The van der Waals surface area contributed by atoms with Gasteiger partial charge in [-0.2, -0.15) is 4.98 Å². The predicted molar refractivity (Wildman–Crippen MR) is 57.7 cm³/mol. The normalized spacial score (nSPS) is 11.2. The van der Waals surface area contributed by atoms with Gasteiger partial charge in [-0.05, 0) is 13.8 Å². The van der Waals surface area contributed by atoms with Crippen molar-refractivity contribution in [3.8, 4) is 0 Å². The zero-order valence-electron chi connectivity index (χ0n) is 9.81. The highest BCUT2D eigenvalue weighted by Gasteiger charge is 2.07. The van der Waals surface area contributed by atoms with E-state index in [1.165, 1.54) is 6.39 Å². The molecule has 6 nitrogen and oxygen atoms in total. The highest BCUT2D eigenvalue weighted by Crippen LogP contribution is 2.00. The average molecular weight is 229 g/mol. The van der Waals surface area contributed by atoms with Crippen LogP contribution in [0, 0.1) is 0 Å². The third kappa shape index (κ3) is 5.20. The van der Waals surface area contributed by atoms with Crippen LogP contribution in [0.15, 0.2) is 10.9 Å². The average Bonchev–Trinajstić information content (AvgIpc) is 2.78. The highest BCUT2D eigenvalue weighted by atomic mass is 16.7. The van der Waals surface area contributed by atoms with Crippen molar-refractivity contribution in [2.24, 2.45) is 0 Å². The Kier molecular flexibility index (Phi) is 6.71. The predicted octanol–water partition coefficient (Wildman–Crippen LogP) is 0.948. The molecular weight excluding hydrogens is 210 g/mol. The van der Waals surface area contributed by atoms with Gasteiger partial charge in [-0.25, -0.2) is 0 Å². The van der Waals surface area contributed by atoms with Crippen molar-refractivity contribution in [1.82, 2.24) is 15.5 Å². The van der Waals surface area contributed by atoms with Crippen molar-refractivity contribution in [2.45, 2.75) is 33.1 Å². The summed E-state index contributed by atoms with van der Waals surface area (Å²) in [5, 5.41) is 6.88. The van der Waals surface area contributed by atoms with E-state index in [1.54, 1.807) is 0 Å². The molecule has 0 amide bonds. The second-order valence-electron chi connectivity index (χ2n) is 3.15. The van der Waals surface area contributed by atoms with Gasteiger partial charge in [0.25, 0.3) is 0 Å². The molecule has 1 rings (SSSR count). The molecule has 0 radical (unpaired) electrons. The molecule has 1 N–H and O–H groups in total. The smallest absolute Gasteiger partial charge is 0.213 e. The van der Waals surface area contributed by atoms with Crippen LogP contribution >= 0.6 is 0 Å². The number of hydrogen-bond donors (Lipinski definition) is 1. The van der Waals surface area contributed by atoms with Crippen molar-refractivity contribution in [2.75, 3.05) is 19.8 Å². The molecule has 1 heterocycles. The van der Waals surface area contributed by atoms with Crippen LogP contribution in [0.5, 0.6) is 0 Å². The second kappa shape index (κ2) is 8.20. The summed E-state index contributed by atoms with van der Waals surface area (Å²) in [6.45, 7) is 6.63. The minimum atomic E-state index is -0.132. The first-order chi connectivity index (χ1) is 7.86. The Morgan fingerprint density at radius 1 is 1.38 bits per heavy atom. The minimum Gasteiger partial charge on any atom is -0.353 e. The van der Waals surface area contributed by atoms with Crippen LogP contribution in [0.4, 0.5) is 0 Å². The Bertz CT molecular complexity index is 248. The molecule has 0 fully saturated rings. The molecule has 0 spiro atoms. The van der Waals surface area contributed by atoms with E-state index in [-0.39, 0.29) is 6.29 Å². The first-order valence-corrected chi connectivity index (χ1v) is 5.56. The molecule has 16 heavy (non-hydrogen) atoms. The highest BCUT2D eigenvalue weighted by molar-refractivity contribution is 4.75. The Hall–Kier alpha value is -0.980. The van der Waals surface area contributed by atoms with Gasteiger partial charge in [0.05, 0.1) is 6.54 Å². The minimum absolute atomic E-state index is 0.132. The SMILES string of the molecule is CCOC(CCNCc1ncon1)OCC. The van der Waals surface area contributed by atoms with Gasteiger partial charge in [0.15, 0.2) is 12.1 Å². The Morgan fingerprint density at radius 2 is 2.12 bits per heavy atom. The van der Waals surface area contributed by atoms with Crippen LogP contribution in [0.3, 0.4) is 0 Å². The van der Waals surface area contributed by atoms with E-state index >= 15 is 0 Å². The molecule has 0 unspecified atom stereocenters. The quantitative estimate of drug-likeness (QED) is 0.502. The summed E-state index contributed by atoms with van der Waals surface area (Å²) < 4.78 is 15.4. The lowest BCUT2D eigenvalue weighted by atomic mass is 10.4. The Labute approximate surface area is 95.3 Å². The van der Waals surface area contributed by atoms with Crippen LogP contribution in [-0.2, 0) is 16.0 Å². The summed E-state index contributed by atoms with van der Waals surface area (Å²) in [5.41, 5.74) is 0. The van der Waals surface area contributed by atoms with Gasteiger partial charge in [0.2, 0.25) is 6.39 Å². The summed E-state index contributed by atoms with van der Waals surface area (Å²) in [6, 6.07) is 0. The number of nitrogens with zero attached hydrogens (tertiary/aromatic N) is 2. The molecule has 92 valence electrons. The van der Waals surface area contributed by atoms with E-state index < -0.39 is 0 Å².